The Kier molecular flexibility index (Phi) is 5.53. The number of halogens is 2. The number of thiophene rings is 1. The fourth-order valence-corrected chi connectivity index (χ4v) is 2.74. The van der Waals surface area contributed by atoms with Crippen molar-refractivity contribution in [2.45, 2.75) is 6.29 Å². The predicted octanol–water partition coefficient (Wildman–Crippen LogP) is 3.21. The van der Waals surface area contributed by atoms with Crippen LogP contribution in [0.2, 0.25) is 4.34 Å². The average molecular weight is 309 g/mol. The first-order valence-corrected chi connectivity index (χ1v) is 5.44. The third kappa shape index (κ3) is 3.05. The van der Waals surface area contributed by atoms with Crippen molar-refractivity contribution in [2.24, 2.45) is 0 Å². The van der Waals surface area contributed by atoms with E-state index in [1.54, 1.807) is 0 Å². The molecule has 2 nitrogen and oxygen atoms in total. The van der Waals surface area contributed by atoms with Crippen LogP contribution >= 0.6 is 38.9 Å². The first-order valence-electron chi connectivity index (χ1n) is 3.45. The van der Waals surface area contributed by atoms with Crippen LogP contribution < -0.4 is 0 Å². The van der Waals surface area contributed by atoms with E-state index in [0.29, 0.717) is 13.2 Å². The molecule has 2 heterocycles. The minimum Gasteiger partial charge on any atom is -0.345 e. The fraction of sp³-hybridized carbons (Fsp3) is 0.429. The van der Waals surface area contributed by atoms with Crippen molar-refractivity contribution >= 4 is 38.9 Å². The molecule has 0 spiro atoms. The van der Waals surface area contributed by atoms with Gasteiger partial charge in [-0.25, -0.2) is 0 Å². The van der Waals surface area contributed by atoms with Gasteiger partial charge in [-0.2, -0.15) is 0 Å². The van der Waals surface area contributed by atoms with E-state index < -0.39 is 0 Å². The van der Waals surface area contributed by atoms with Gasteiger partial charge in [0.15, 0.2) is 6.29 Å². The molecule has 0 N–H and O–H groups in total. The second kappa shape index (κ2) is 5.66. The quantitative estimate of drug-likeness (QED) is 0.793. The fourth-order valence-electron chi connectivity index (χ4n) is 1.00. The molecule has 0 atom stereocenters. The molecule has 74 valence electrons. The van der Waals surface area contributed by atoms with Crippen LogP contribution in [0.1, 0.15) is 11.2 Å². The summed E-state index contributed by atoms with van der Waals surface area (Å²) in [5, 5.41) is 0. The van der Waals surface area contributed by atoms with E-state index in [-0.39, 0.29) is 44.0 Å². The van der Waals surface area contributed by atoms with Gasteiger partial charge in [0.05, 0.1) is 18.1 Å². The Hall–Kier alpha value is 1.65. The molecule has 13 heavy (non-hydrogen) atoms. The summed E-state index contributed by atoms with van der Waals surface area (Å²) in [5.74, 6) is 0. The third-order valence-electron chi connectivity index (χ3n) is 1.52. The van der Waals surface area contributed by atoms with Crippen LogP contribution in [0.4, 0.5) is 0 Å². The molecule has 0 saturated carbocycles. The van der Waals surface area contributed by atoms with E-state index in [1.165, 1.54) is 11.3 Å². The molecule has 1 aromatic rings. The summed E-state index contributed by atoms with van der Waals surface area (Å²) in [5.41, 5.74) is 0. The van der Waals surface area contributed by atoms with Crippen molar-refractivity contribution in [3.63, 3.8) is 0 Å². The molecule has 6 heteroatoms. The van der Waals surface area contributed by atoms with E-state index >= 15 is 0 Å². The van der Waals surface area contributed by atoms with Crippen molar-refractivity contribution in [3.05, 3.63) is 19.8 Å². The number of hydrogen-bond donors (Lipinski definition) is 0. The van der Waals surface area contributed by atoms with Crippen LogP contribution in [0.15, 0.2) is 10.5 Å². The Labute approximate surface area is 124 Å². The number of hydrogen-bond acceptors (Lipinski definition) is 3. The molecule has 0 bridgehead atoms. The van der Waals surface area contributed by atoms with E-state index in [1.807, 2.05) is 6.07 Å². The largest absolute Gasteiger partial charge is 0.345 e. The maximum Gasteiger partial charge on any atom is 0.193 e. The SMILES string of the molecule is Clc1sc(C2OCCO2)cc1Br.[Ar]. The monoisotopic (exact) mass is 308 g/mol. The second-order valence-electron chi connectivity index (χ2n) is 2.34. The van der Waals surface area contributed by atoms with Crippen LogP contribution in [0.3, 0.4) is 0 Å². The van der Waals surface area contributed by atoms with Gasteiger partial charge in [0.2, 0.25) is 0 Å². The van der Waals surface area contributed by atoms with Gasteiger partial charge in [-0.1, -0.05) is 11.6 Å². The summed E-state index contributed by atoms with van der Waals surface area (Å²) < 4.78 is 12.3. The number of ether oxygens (including phenoxy) is 2. The molecule has 1 saturated heterocycles. The minimum absolute atomic E-state index is 0. The third-order valence-corrected chi connectivity index (χ3v) is 4.01. The Morgan fingerprint density at radius 2 is 2.08 bits per heavy atom. The van der Waals surface area contributed by atoms with Crippen molar-refractivity contribution in [3.8, 4) is 0 Å². The van der Waals surface area contributed by atoms with Gasteiger partial charge in [0.1, 0.15) is 4.34 Å². The molecule has 0 radical (unpaired) electrons. The van der Waals surface area contributed by atoms with Crippen LogP contribution in [-0.4, -0.2) is 13.2 Å². The molecule has 0 aromatic carbocycles. The predicted molar refractivity (Wildman–Crippen MR) is 51.7 cm³/mol. The van der Waals surface area contributed by atoms with Crippen LogP contribution in [0.5, 0.6) is 0 Å². The zero-order chi connectivity index (χ0) is 8.55. The van der Waals surface area contributed by atoms with Gasteiger partial charge in [-0.15, -0.1) is 11.3 Å². The van der Waals surface area contributed by atoms with Gasteiger partial charge in [-0.3, -0.25) is 0 Å². The van der Waals surface area contributed by atoms with Gasteiger partial charge >= 0.3 is 0 Å². The second-order valence-corrected chi connectivity index (χ2v) is 4.88. The molecule has 1 aliphatic heterocycles. The Morgan fingerprint density at radius 3 is 2.54 bits per heavy atom. The Morgan fingerprint density at radius 1 is 1.46 bits per heavy atom. The molecule has 1 aromatic heterocycles. The zero-order valence-corrected chi connectivity index (χ0v) is 10.3. The summed E-state index contributed by atoms with van der Waals surface area (Å²) in [6.45, 7) is 1.33. The first kappa shape index (κ1) is 12.7. The van der Waals surface area contributed by atoms with Crippen molar-refractivity contribution in [2.75, 3.05) is 13.2 Å². The minimum atomic E-state index is -0.209. The molecule has 1 fully saturated rings. The van der Waals surface area contributed by atoms with Crippen LogP contribution in [0.25, 0.3) is 0 Å². The van der Waals surface area contributed by atoms with E-state index in [0.717, 1.165) is 13.7 Å². The molecule has 0 amide bonds. The summed E-state index contributed by atoms with van der Waals surface area (Å²) >= 11 is 10.7. The topological polar surface area (TPSA) is 18.5 Å². The summed E-state index contributed by atoms with van der Waals surface area (Å²) in [6.07, 6.45) is -0.209. The average Bonchev–Trinajstić information content (AvgIpc) is 2.61. The molecule has 1 aliphatic rings. The van der Waals surface area contributed by atoms with Crippen molar-refractivity contribution in [1.29, 1.82) is 0 Å². The van der Waals surface area contributed by atoms with Crippen molar-refractivity contribution < 1.29 is 47.2 Å². The molecule has 2 rings (SSSR count). The van der Waals surface area contributed by atoms with Gasteiger partial charge in [-0.05, 0) is 22.0 Å². The maximum atomic E-state index is 5.87. The summed E-state index contributed by atoms with van der Waals surface area (Å²) in [7, 11) is 0. The summed E-state index contributed by atoms with van der Waals surface area (Å²) in [6, 6.07) is 1.93. The zero-order valence-electron chi connectivity index (χ0n) is 6.40. The van der Waals surface area contributed by atoms with E-state index in [2.05, 4.69) is 15.9 Å². The summed E-state index contributed by atoms with van der Waals surface area (Å²) in [4.78, 5) is 1.02. The van der Waals surface area contributed by atoms with Crippen molar-refractivity contribution in [1.82, 2.24) is 0 Å². The molecule has 0 aliphatic carbocycles. The number of rotatable bonds is 1. The maximum absolute atomic E-state index is 5.87. The smallest absolute Gasteiger partial charge is 0.193 e. The van der Waals surface area contributed by atoms with Gasteiger partial charge in [0.25, 0.3) is 0 Å². The molecular formula is C7H6ArBrClO2S. The van der Waals surface area contributed by atoms with Crippen LogP contribution in [0, 0.1) is 37.7 Å². The Balaban J connectivity index is 0.000000845. The van der Waals surface area contributed by atoms with Gasteiger partial charge in [0, 0.05) is 42.2 Å². The Bertz CT molecular complexity index is 269. The van der Waals surface area contributed by atoms with E-state index in [4.69, 9.17) is 21.1 Å². The van der Waals surface area contributed by atoms with Crippen LogP contribution in [-0.2, 0) is 9.47 Å². The van der Waals surface area contributed by atoms with Gasteiger partial charge < -0.3 is 9.47 Å². The normalized spacial score (nSPS) is 17.4. The molecule has 0 unspecified atom stereocenters. The molecular weight excluding hydrogens is 303 g/mol. The first-order chi connectivity index (χ1) is 5.77. The standard InChI is InChI=1S/C7H6BrClO2S.Ar/c8-4-3-5(12-6(4)9)7-10-1-2-11-7;/h3,7H,1-2H2;. The van der Waals surface area contributed by atoms with E-state index in [9.17, 15) is 0 Å².